The predicted octanol–water partition coefficient (Wildman–Crippen LogP) is 2.15. The Hall–Kier alpha value is -1.40. The van der Waals surface area contributed by atoms with Gasteiger partial charge in [-0.1, -0.05) is 18.6 Å². The highest BCUT2D eigenvalue weighted by molar-refractivity contribution is 5.66. The molecule has 2 aliphatic heterocycles. The van der Waals surface area contributed by atoms with Crippen molar-refractivity contribution < 1.29 is 28.5 Å². The van der Waals surface area contributed by atoms with E-state index in [0.717, 1.165) is 12.8 Å². The summed E-state index contributed by atoms with van der Waals surface area (Å²) in [6, 6.07) is 0. The van der Waals surface area contributed by atoms with E-state index in [1.54, 1.807) is 0 Å². The molecule has 2 aliphatic carbocycles. The number of carbonyl (C=O) groups excluding carboxylic acids is 2. The van der Waals surface area contributed by atoms with Crippen molar-refractivity contribution in [3.63, 3.8) is 0 Å². The average Bonchev–Trinajstić information content (AvgIpc) is 3.28. The van der Waals surface area contributed by atoms with E-state index >= 15 is 0 Å². The molecule has 2 saturated heterocycles. The van der Waals surface area contributed by atoms with Crippen LogP contribution < -0.4 is 0 Å². The van der Waals surface area contributed by atoms with Crippen molar-refractivity contribution in [2.24, 2.45) is 10.8 Å². The quantitative estimate of drug-likeness (QED) is 0.441. The number of epoxide rings is 1. The molecule has 0 aromatic heterocycles. The minimum Gasteiger partial charge on any atom is -0.465 e. The van der Waals surface area contributed by atoms with E-state index in [-0.39, 0.29) is 41.1 Å². The van der Waals surface area contributed by atoms with Crippen LogP contribution in [0.25, 0.3) is 0 Å². The lowest BCUT2D eigenvalue weighted by Gasteiger charge is -2.57. The van der Waals surface area contributed by atoms with Gasteiger partial charge in [0, 0.05) is 24.7 Å². The van der Waals surface area contributed by atoms with Gasteiger partial charge in [0.1, 0.15) is 24.4 Å². The molecule has 6 unspecified atom stereocenters. The van der Waals surface area contributed by atoms with E-state index in [0.29, 0.717) is 19.6 Å². The van der Waals surface area contributed by atoms with Crippen LogP contribution in [-0.2, 0) is 28.5 Å². The molecular formula is C19H26O6. The molecule has 0 aromatic rings. The molecule has 3 fully saturated rings. The zero-order chi connectivity index (χ0) is 18.0. The van der Waals surface area contributed by atoms with Gasteiger partial charge < -0.3 is 18.9 Å². The van der Waals surface area contributed by atoms with Gasteiger partial charge in [-0.2, -0.15) is 0 Å². The lowest BCUT2D eigenvalue weighted by atomic mass is 9.52. The van der Waals surface area contributed by atoms with Crippen LogP contribution in [0.4, 0.5) is 0 Å². The van der Waals surface area contributed by atoms with E-state index in [9.17, 15) is 9.59 Å². The number of hydrogen-bond acceptors (Lipinski definition) is 6. The summed E-state index contributed by atoms with van der Waals surface area (Å²) >= 11 is 0. The van der Waals surface area contributed by atoms with Crippen LogP contribution in [0.3, 0.4) is 0 Å². The Morgan fingerprint density at radius 1 is 1.32 bits per heavy atom. The second-order valence-corrected chi connectivity index (χ2v) is 8.29. The molecular weight excluding hydrogens is 324 g/mol. The average molecular weight is 350 g/mol. The number of allylic oxidation sites excluding steroid dienone is 1. The van der Waals surface area contributed by atoms with Gasteiger partial charge in [-0.15, -0.1) is 0 Å². The number of rotatable bonds is 3. The molecule has 138 valence electrons. The first-order chi connectivity index (χ1) is 11.7. The van der Waals surface area contributed by atoms with Gasteiger partial charge in [0.15, 0.2) is 0 Å². The highest BCUT2D eigenvalue weighted by Gasteiger charge is 2.81. The Morgan fingerprint density at radius 2 is 2.04 bits per heavy atom. The first-order valence-electron chi connectivity index (χ1n) is 9.01. The van der Waals surface area contributed by atoms with Crippen LogP contribution >= 0.6 is 0 Å². The molecule has 6 atom stereocenters. The van der Waals surface area contributed by atoms with Gasteiger partial charge in [0.2, 0.25) is 0 Å². The zero-order valence-electron chi connectivity index (χ0n) is 15.3. The maximum atomic E-state index is 11.6. The van der Waals surface area contributed by atoms with Crippen LogP contribution in [0.2, 0.25) is 0 Å². The van der Waals surface area contributed by atoms with Crippen LogP contribution in [0.15, 0.2) is 11.6 Å². The summed E-state index contributed by atoms with van der Waals surface area (Å²) in [5.41, 5.74) is 0.201. The summed E-state index contributed by atoms with van der Waals surface area (Å²) < 4.78 is 23.6. The second kappa shape index (κ2) is 5.30. The van der Waals surface area contributed by atoms with Crippen LogP contribution in [0.1, 0.15) is 47.0 Å². The van der Waals surface area contributed by atoms with Crippen molar-refractivity contribution >= 4 is 11.9 Å². The maximum Gasteiger partial charge on any atom is 0.302 e. The number of hydrogen-bond donors (Lipinski definition) is 0. The lowest BCUT2D eigenvalue weighted by molar-refractivity contribution is -0.223. The molecule has 4 rings (SSSR count). The fourth-order valence-corrected chi connectivity index (χ4v) is 5.52. The fraction of sp³-hybridized carbons (Fsp3) is 0.789. The first-order valence-corrected chi connectivity index (χ1v) is 9.01. The third kappa shape index (κ3) is 2.16. The molecule has 2 bridgehead atoms. The highest BCUT2D eigenvalue weighted by Crippen LogP contribution is 2.71. The summed E-state index contributed by atoms with van der Waals surface area (Å²) in [5.74, 6) is -0.588. The summed E-state index contributed by atoms with van der Waals surface area (Å²) in [5, 5.41) is 0. The Bertz CT molecular complexity index is 650. The smallest absolute Gasteiger partial charge is 0.302 e. The Balaban J connectivity index is 1.77. The van der Waals surface area contributed by atoms with Crippen molar-refractivity contribution in [3.8, 4) is 0 Å². The van der Waals surface area contributed by atoms with E-state index in [4.69, 9.17) is 18.9 Å². The number of ether oxygens (including phenoxy) is 4. The molecule has 6 heteroatoms. The summed E-state index contributed by atoms with van der Waals surface area (Å²) in [6.45, 7) is 8.07. The Morgan fingerprint density at radius 3 is 2.64 bits per heavy atom. The number of carbonyl (C=O) groups is 2. The van der Waals surface area contributed by atoms with Gasteiger partial charge in [-0.05, 0) is 26.2 Å². The van der Waals surface area contributed by atoms with Crippen molar-refractivity contribution in [2.45, 2.75) is 70.9 Å². The topological polar surface area (TPSA) is 74.4 Å². The third-order valence-corrected chi connectivity index (χ3v) is 6.98. The van der Waals surface area contributed by atoms with Crippen LogP contribution in [-0.4, -0.2) is 49.1 Å². The lowest BCUT2D eigenvalue weighted by Crippen LogP contribution is -2.64. The zero-order valence-corrected chi connectivity index (χ0v) is 15.3. The normalized spacial score (nSPS) is 47.0. The number of fused-ring (bicyclic) bond motifs is 2. The molecule has 2 heterocycles. The van der Waals surface area contributed by atoms with E-state index < -0.39 is 5.60 Å². The van der Waals surface area contributed by atoms with Crippen molar-refractivity contribution in [2.75, 3.05) is 13.2 Å². The van der Waals surface area contributed by atoms with Crippen molar-refractivity contribution in [1.82, 2.24) is 0 Å². The van der Waals surface area contributed by atoms with E-state index in [1.807, 2.05) is 0 Å². The summed E-state index contributed by atoms with van der Waals surface area (Å²) in [7, 11) is 0. The van der Waals surface area contributed by atoms with Gasteiger partial charge in [-0.25, -0.2) is 0 Å². The minimum atomic E-state index is -0.442. The van der Waals surface area contributed by atoms with E-state index in [1.165, 1.54) is 19.4 Å². The number of esters is 2. The predicted molar refractivity (Wildman–Crippen MR) is 87.7 cm³/mol. The first kappa shape index (κ1) is 17.0. The molecule has 6 nitrogen and oxygen atoms in total. The molecule has 0 aromatic carbocycles. The van der Waals surface area contributed by atoms with Gasteiger partial charge in [-0.3, -0.25) is 9.59 Å². The molecule has 0 N–H and O–H groups in total. The molecule has 0 amide bonds. The molecule has 1 spiro atoms. The fourth-order valence-electron chi connectivity index (χ4n) is 5.52. The summed E-state index contributed by atoms with van der Waals surface area (Å²) in [6.07, 6.45) is 3.89. The molecule has 25 heavy (non-hydrogen) atoms. The standard InChI is InChI=1S/C19H26O6/c1-11-5-6-18(9-22-12(2)20)15(7-11)25-16-14(24-13(3)21)8-17(18,4)19(16)10-23-19/h7,14-16H,5-6,8-10H2,1-4H3. The van der Waals surface area contributed by atoms with E-state index in [2.05, 4.69) is 19.9 Å². The minimum absolute atomic E-state index is 0.161. The van der Waals surface area contributed by atoms with Gasteiger partial charge in [0.25, 0.3) is 0 Å². The monoisotopic (exact) mass is 350 g/mol. The summed E-state index contributed by atoms with van der Waals surface area (Å²) in [4.78, 5) is 23.1. The largest absolute Gasteiger partial charge is 0.465 e. The SMILES string of the molecule is CC(=O)OCC12CCC(C)=CC1OC1C(OC(C)=O)CC2(C)C12CO2. The second-order valence-electron chi connectivity index (χ2n) is 8.29. The Kier molecular flexibility index (Phi) is 3.61. The molecule has 0 radical (unpaired) electrons. The highest BCUT2D eigenvalue weighted by atomic mass is 16.7. The van der Waals surface area contributed by atoms with Crippen LogP contribution in [0, 0.1) is 10.8 Å². The van der Waals surface area contributed by atoms with Crippen molar-refractivity contribution in [3.05, 3.63) is 11.6 Å². The van der Waals surface area contributed by atoms with Crippen LogP contribution in [0.5, 0.6) is 0 Å². The third-order valence-electron chi connectivity index (χ3n) is 6.98. The molecule has 4 aliphatic rings. The van der Waals surface area contributed by atoms with Gasteiger partial charge in [0.05, 0.1) is 12.7 Å². The Labute approximate surface area is 147 Å². The van der Waals surface area contributed by atoms with Crippen molar-refractivity contribution in [1.29, 1.82) is 0 Å². The maximum absolute atomic E-state index is 11.6. The molecule has 1 saturated carbocycles. The van der Waals surface area contributed by atoms with Gasteiger partial charge >= 0.3 is 11.9 Å².